The first kappa shape index (κ1) is 30.7. The fourth-order valence-corrected chi connectivity index (χ4v) is 5.98. The molecular formula is C29H33BrClN3O4S. The van der Waals surface area contributed by atoms with E-state index in [1.807, 2.05) is 38.1 Å². The maximum atomic E-state index is 13.9. The number of halogens is 2. The van der Waals surface area contributed by atoms with Crippen LogP contribution in [0.4, 0.5) is 5.69 Å². The van der Waals surface area contributed by atoms with E-state index in [9.17, 15) is 18.0 Å². The van der Waals surface area contributed by atoms with E-state index in [0.717, 1.165) is 32.7 Å². The van der Waals surface area contributed by atoms with Crippen LogP contribution in [0, 0.1) is 6.92 Å². The van der Waals surface area contributed by atoms with Crippen molar-refractivity contribution >= 4 is 55.1 Å². The average molecular weight is 635 g/mol. The molecular weight excluding hydrogens is 602 g/mol. The minimum Gasteiger partial charge on any atom is -0.354 e. The van der Waals surface area contributed by atoms with Crippen LogP contribution in [0.25, 0.3) is 0 Å². The lowest BCUT2D eigenvalue weighted by Gasteiger charge is -2.32. The molecule has 0 radical (unpaired) electrons. The first-order chi connectivity index (χ1) is 18.5. The summed E-state index contributed by atoms with van der Waals surface area (Å²) in [5.74, 6) is -0.827. The molecule has 0 saturated carbocycles. The molecule has 0 unspecified atom stereocenters. The smallest absolute Gasteiger partial charge is 0.264 e. The number of nitrogens with one attached hydrogen (secondary N) is 1. The molecule has 3 aromatic rings. The highest BCUT2D eigenvalue weighted by molar-refractivity contribution is 9.10. The SMILES string of the molecule is CCCCNC(=O)[C@H](C)N(Cc1cccc(Br)c1)C(=O)CN(c1ccc(C)c(Cl)c1)S(=O)(=O)c1ccccc1. The number of hydrogen-bond donors (Lipinski definition) is 1. The predicted molar refractivity (Wildman–Crippen MR) is 159 cm³/mol. The molecule has 2 amide bonds. The Balaban J connectivity index is 2.01. The number of sulfonamides is 1. The zero-order valence-corrected chi connectivity index (χ0v) is 25.4. The maximum absolute atomic E-state index is 13.9. The van der Waals surface area contributed by atoms with E-state index in [0.29, 0.717) is 11.6 Å². The van der Waals surface area contributed by atoms with E-state index in [4.69, 9.17) is 11.6 Å². The van der Waals surface area contributed by atoms with Crippen LogP contribution in [0.15, 0.2) is 82.2 Å². The van der Waals surface area contributed by atoms with Gasteiger partial charge in [-0.25, -0.2) is 8.42 Å². The molecule has 0 bridgehead atoms. The fraction of sp³-hybridized carbons (Fsp3) is 0.310. The summed E-state index contributed by atoms with van der Waals surface area (Å²) in [7, 11) is -4.14. The van der Waals surface area contributed by atoms with Crippen molar-refractivity contribution in [2.24, 2.45) is 0 Å². The Kier molecular flexibility index (Phi) is 11.0. The number of amides is 2. The second-order valence-corrected chi connectivity index (χ2v) is 12.4. The third-order valence-corrected chi connectivity index (χ3v) is 8.98. The molecule has 0 saturated heterocycles. The Morgan fingerprint density at radius 2 is 1.74 bits per heavy atom. The molecule has 7 nitrogen and oxygen atoms in total. The standard InChI is InChI=1S/C29H33BrClN3O4S/c1-4-5-16-32-29(36)22(3)33(19-23-10-9-11-24(30)17-23)28(35)20-34(25-15-14-21(2)27(31)18-25)39(37,38)26-12-7-6-8-13-26/h6-15,17-18,22H,4-5,16,19-20H2,1-3H3,(H,32,36)/t22-/m0/s1. The van der Waals surface area contributed by atoms with Crippen molar-refractivity contribution in [1.82, 2.24) is 10.2 Å². The minimum absolute atomic E-state index is 0.0402. The van der Waals surface area contributed by atoms with Gasteiger partial charge in [0, 0.05) is 22.6 Å². The van der Waals surface area contributed by atoms with E-state index < -0.39 is 28.5 Å². The van der Waals surface area contributed by atoms with Gasteiger partial charge in [-0.1, -0.05) is 77.3 Å². The summed E-state index contributed by atoms with van der Waals surface area (Å²) < 4.78 is 29.5. The molecule has 39 heavy (non-hydrogen) atoms. The van der Waals surface area contributed by atoms with Gasteiger partial charge < -0.3 is 10.2 Å². The molecule has 0 fully saturated rings. The van der Waals surface area contributed by atoms with Crippen LogP contribution >= 0.6 is 27.5 Å². The molecule has 0 aliphatic heterocycles. The molecule has 0 spiro atoms. The number of aryl methyl sites for hydroxylation is 1. The monoisotopic (exact) mass is 633 g/mol. The van der Waals surface area contributed by atoms with Gasteiger partial charge in [-0.3, -0.25) is 13.9 Å². The topological polar surface area (TPSA) is 86.8 Å². The third kappa shape index (κ3) is 8.06. The quantitative estimate of drug-likeness (QED) is 0.250. The first-order valence-corrected chi connectivity index (χ1v) is 15.3. The molecule has 3 rings (SSSR count). The molecule has 1 atom stereocenters. The van der Waals surface area contributed by atoms with Crippen LogP contribution in [0.5, 0.6) is 0 Å². The molecule has 208 valence electrons. The van der Waals surface area contributed by atoms with Gasteiger partial charge in [0.05, 0.1) is 10.6 Å². The van der Waals surface area contributed by atoms with E-state index in [2.05, 4.69) is 21.2 Å². The zero-order valence-electron chi connectivity index (χ0n) is 22.2. The molecule has 1 N–H and O–H groups in total. The third-order valence-electron chi connectivity index (χ3n) is 6.29. The van der Waals surface area contributed by atoms with Crippen molar-refractivity contribution in [1.29, 1.82) is 0 Å². The van der Waals surface area contributed by atoms with Gasteiger partial charge in [-0.15, -0.1) is 0 Å². The Morgan fingerprint density at radius 1 is 1.03 bits per heavy atom. The molecule has 0 aromatic heterocycles. The summed E-state index contributed by atoms with van der Waals surface area (Å²) in [5.41, 5.74) is 1.82. The van der Waals surface area contributed by atoms with E-state index in [1.165, 1.54) is 23.1 Å². The van der Waals surface area contributed by atoms with Gasteiger partial charge in [0.1, 0.15) is 12.6 Å². The van der Waals surface area contributed by atoms with Gasteiger partial charge >= 0.3 is 0 Å². The second-order valence-electron chi connectivity index (χ2n) is 9.23. The number of anilines is 1. The number of carbonyl (C=O) groups is 2. The van der Waals surface area contributed by atoms with E-state index in [-0.39, 0.29) is 23.0 Å². The Morgan fingerprint density at radius 3 is 2.38 bits per heavy atom. The maximum Gasteiger partial charge on any atom is 0.264 e. The lowest BCUT2D eigenvalue weighted by Crippen LogP contribution is -2.51. The fourth-order valence-electron chi connectivity index (χ4n) is 3.94. The summed E-state index contributed by atoms with van der Waals surface area (Å²) in [5, 5.41) is 3.26. The van der Waals surface area contributed by atoms with Crippen LogP contribution in [-0.2, 0) is 26.2 Å². The van der Waals surface area contributed by atoms with Gasteiger partial charge in [0.25, 0.3) is 10.0 Å². The van der Waals surface area contributed by atoms with Gasteiger partial charge in [0.2, 0.25) is 11.8 Å². The average Bonchev–Trinajstić information content (AvgIpc) is 2.92. The summed E-state index contributed by atoms with van der Waals surface area (Å²) in [6, 6.07) is 19.4. The van der Waals surface area contributed by atoms with Crippen molar-refractivity contribution in [3.63, 3.8) is 0 Å². The number of carbonyl (C=O) groups excluding carboxylic acids is 2. The van der Waals surface area contributed by atoms with Crippen molar-refractivity contribution in [2.75, 3.05) is 17.4 Å². The number of nitrogens with zero attached hydrogens (tertiary/aromatic N) is 2. The number of rotatable bonds is 12. The Labute approximate surface area is 244 Å². The van der Waals surface area contributed by atoms with Crippen LogP contribution < -0.4 is 9.62 Å². The normalized spacial score (nSPS) is 12.0. The summed E-state index contributed by atoms with van der Waals surface area (Å²) in [6.45, 7) is 5.58. The molecule has 0 aliphatic rings. The summed E-state index contributed by atoms with van der Waals surface area (Å²) >= 11 is 9.80. The van der Waals surface area contributed by atoms with E-state index in [1.54, 1.807) is 37.3 Å². The zero-order chi connectivity index (χ0) is 28.6. The van der Waals surface area contributed by atoms with E-state index >= 15 is 0 Å². The lowest BCUT2D eigenvalue weighted by atomic mass is 10.1. The molecule has 0 aliphatic carbocycles. The predicted octanol–water partition coefficient (Wildman–Crippen LogP) is 5.94. The molecule has 0 heterocycles. The number of unbranched alkanes of at least 4 members (excludes halogenated alkanes) is 1. The first-order valence-electron chi connectivity index (χ1n) is 12.7. The minimum atomic E-state index is -4.14. The van der Waals surface area contributed by atoms with Crippen LogP contribution in [0.1, 0.15) is 37.8 Å². The second kappa shape index (κ2) is 14.0. The molecule has 10 heteroatoms. The van der Waals surface area contributed by atoms with Gasteiger partial charge in [-0.05, 0) is 67.8 Å². The highest BCUT2D eigenvalue weighted by atomic mass is 79.9. The van der Waals surface area contributed by atoms with Crippen molar-refractivity contribution in [2.45, 2.75) is 51.1 Å². The Bertz CT molecular complexity index is 1400. The van der Waals surface area contributed by atoms with Crippen LogP contribution in [0.3, 0.4) is 0 Å². The number of benzene rings is 3. The highest BCUT2D eigenvalue weighted by Crippen LogP contribution is 2.28. The van der Waals surface area contributed by atoms with Crippen molar-refractivity contribution in [3.05, 3.63) is 93.4 Å². The highest BCUT2D eigenvalue weighted by Gasteiger charge is 2.32. The van der Waals surface area contributed by atoms with Gasteiger partial charge in [-0.2, -0.15) is 0 Å². The van der Waals surface area contributed by atoms with Crippen LogP contribution in [0.2, 0.25) is 5.02 Å². The molecule has 3 aromatic carbocycles. The summed E-state index contributed by atoms with van der Waals surface area (Å²) in [6.07, 6.45) is 1.73. The largest absolute Gasteiger partial charge is 0.354 e. The van der Waals surface area contributed by atoms with Gasteiger partial charge in [0.15, 0.2) is 0 Å². The van der Waals surface area contributed by atoms with Crippen LogP contribution in [-0.4, -0.2) is 44.3 Å². The van der Waals surface area contributed by atoms with Crippen molar-refractivity contribution in [3.8, 4) is 0 Å². The Hall–Kier alpha value is -2.88. The lowest BCUT2D eigenvalue weighted by molar-refractivity contribution is -0.139. The number of hydrogen-bond acceptors (Lipinski definition) is 4. The van der Waals surface area contributed by atoms with Crippen molar-refractivity contribution < 1.29 is 18.0 Å². The summed E-state index contributed by atoms with van der Waals surface area (Å²) in [4.78, 5) is 28.4.